The molecule has 0 aliphatic carbocycles. The van der Waals surface area contributed by atoms with E-state index >= 15 is 0 Å². The molecular formula is C16H14ClN3S. The highest BCUT2D eigenvalue weighted by Gasteiger charge is 2.07. The molecule has 21 heavy (non-hydrogen) atoms. The van der Waals surface area contributed by atoms with Gasteiger partial charge in [-0.3, -0.25) is 4.98 Å². The molecule has 1 N–H and O–H groups in total. The highest BCUT2D eigenvalue weighted by molar-refractivity contribution is 7.14. The third-order valence-corrected chi connectivity index (χ3v) is 4.17. The lowest BCUT2D eigenvalue weighted by Crippen LogP contribution is -2.05. The Morgan fingerprint density at radius 3 is 2.76 bits per heavy atom. The van der Waals surface area contributed by atoms with Crippen LogP contribution < -0.4 is 5.32 Å². The van der Waals surface area contributed by atoms with Crippen molar-refractivity contribution in [3.8, 4) is 11.3 Å². The third kappa shape index (κ3) is 3.60. The maximum Gasteiger partial charge on any atom is 0.183 e. The van der Waals surface area contributed by atoms with Gasteiger partial charge < -0.3 is 5.32 Å². The lowest BCUT2D eigenvalue weighted by Gasteiger charge is -2.02. The quantitative estimate of drug-likeness (QED) is 0.752. The minimum Gasteiger partial charge on any atom is -0.361 e. The van der Waals surface area contributed by atoms with Gasteiger partial charge >= 0.3 is 0 Å². The first-order valence-electron chi connectivity index (χ1n) is 6.67. The van der Waals surface area contributed by atoms with E-state index in [1.807, 2.05) is 54.0 Å². The summed E-state index contributed by atoms with van der Waals surface area (Å²) < 4.78 is 0. The van der Waals surface area contributed by atoms with E-state index in [9.17, 15) is 0 Å². The van der Waals surface area contributed by atoms with Gasteiger partial charge in [-0.05, 0) is 18.2 Å². The summed E-state index contributed by atoms with van der Waals surface area (Å²) in [5.41, 5.74) is 2.95. The molecular weight excluding hydrogens is 302 g/mol. The Morgan fingerprint density at radius 2 is 1.95 bits per heavy atom. The minimum absolute atomic E-state index is 0.725. The summed E-state index contributed by atoms with van der Waals surface area (Å²) >= 11 is 7.78. The number of thiazole rings is 1. The van der Waals surface area contributed by atoms with Gasteiger partial charge in [0.2, 0.25) is 0 Å². The van der Waals surface area contributed by atoms with Crippen molar-refractivity contribution in [2.24, 2.45) is 0 Å². The Morgan fingerprint density at radius 1 is 1.10 bits per heavy atom. The van der Waals surface area contributed by atoms with Gasteiger partial charge in [-0.25, -0.2) is 4.98 Å². The molecule has 0 atom stereocenters. The second-order valence-electron chi connectivity index (χ2n) is 4.52. The average Bonchev–Trinajstić information content (AvgIpc) is 2.97. The number of hydrogen-bond donors (Lipinski definition) is 1. The molecule has 106 valence electrons. The van der Waals surface area contributed by atoms with Gasteiger partial charge in [-0.1, -0.05) is 35.9 Å². The second-order valence-corrected chi connectivity index (χ2v) is 5.78. The summed E-state index contributed by atoms with van der Waals surface area (Å²) in [6.45, 7) is 0.812. The van der Waals surface area contributed by atoms with Crippen LogP contribution in [0.5, 0.6) is 0 Å². The van der Waals surface area contributed by atoms with E-state index in [0.29, 0.717) is 0 Å². The van der Waals surface area contributed by atoms with E-state index in [1.54, 1.807) is 11.3 Å². The second kappa shape index (κ2) is 6.70. The zero-order valence-electron chi connectivity index (χ0n) is 11.3. The largest absolute Gasteiger partial charge is 0.361 e. The molecule has 2 aromatic heterocycles. The topological polar surface area (TPSA) is 37.8 Å². The molecule has 0 bridgehead atoms. The standard InChI is InChI=1S/C16H14ClN3S/c17-14-7-2-1-6-13(14)15-11-21-16(20-15)19-10-8-12-5-3-4-9-18-12/h1-7,9,11H,8,10H2,(H,19,20). The van der Waals surface area contributed by atoms with Crippen LogP contribution in [0.25, 0.3) is 11.3 Å². The van der Waals surface area contributed by atoms with Crippen LogP contribution in [-0.4, -0.2) is 16.5 Å². The van der Waals surface area contributed by atoms with E-state index in [-0.39, 0.29) is 0 Å². The smallest absolute Gasteiger partial charge is 0.183 e. The Hall–Kier alpha value is -1.91. The van der Waals surface area contributed by atoms with Gasteiger partial charge in [0.1, 0.15) is 0 Å². The summed E-state index contributed by atoms with van der Waals surface area (Å²) in [6.07, 6.45) is 2.69. The van der Waals surface area contributed by atoms with Crippen molar-refractivity contribution in [1.29, 1.82) is 0 Å². The number of pyridine rings is 1. The number of benzene rings is 1. The molecule has 1 aromatic carbocycles. The number of hydrogen-bond acceptors (Lipinski definition) is 4. The molecule has 0 amide bonds. The first-order valence-corrected chi connectivity index (χ1v) is 7.93. The van der Waals surface area contributed by atoms with Crippen molar-refractivity contribution in [2.45, 2.75) is 6.42 Å². The van der Waals surface area contributed by atoms with Crippen LogP contribution in [0.2, 0.25) is 5.02 Å². The van der Waals surface area contributed by atoms with Gasteiger partial charge in [-0.15, -0.1) is 11.3 Å². The molecule has 0 radical (unpaired) electrons. The van der Waals surface area contributed by atoms with Crippen molar-refractivity contribution >= 4 is 28.1 Å². The molecule has 2 heterocycles. The lowest BCUT2D eigenvalue weighted by atomic mass is 10.2. The zero-order valence-corrected chi connectivity index (χ0v) is 12.9. The first-order chi connectivity index (χ1) is 10.3. The number of rotatable bonds is 5. The van der Waals surface area contributed by atoms with Crippen LogP contribution in [0.15, 0.2) is 54.0 Å². The van der Waals surface area contributed by atoms with Gasteiger partial charge in [0.25, 0.3) is 0 Å². The Kier molecular flexibility index (Phi) is 4.48. The van der Waals surface area contributed by atoms with Crippen LogP contribution in [0.4, 0.5) is 5.13 Å². The van der Waals surface area contributed by atoms with Gasteiger partial charge in [0.05, 0.1) is 5.69 Å². The average molecular weight is 316 g/mol. The highest BCUT2D eigenvalue weighted by Crippen LogP contribution is 2.30. The van der Waals surface area contributed by atoms with E-state index in [2.05, 4.69) is 15.3 Å². The molecule has 0 aliphatic heterocycles. The van der Waals surface area contributed by atoms with Crippen molar-refractivity contribution in [3.05, 3.63) is 64.8 Å². The fourth-order valence-corrected chi connectivity index (χ4v) is 2.96. The molecule has 0 saturated heterocycles. The van der Waals surface area contributed by atoms with E-state index in [4.69, 9.17) is 11.6 Å². The first kappa shape index (κ1) is 14.0. The zero-order chi connectivity index (χ0) is 14.5. The normalized spacial score (nSPS) is 10.5. The summed E-state index contributed by atoms with van der Waals surface area (Å²) in [7, 11) is 0. The van der Waals surface area contributed by atoms with Crippen LogP contribution in [0, 0.1) is 0 Å². The van der Waals surface area contributed by atoms with E-state index in [0.717, 1.165) is 40.1 Å². The van der Waals surface area contributed by atoms with Crippen LogP contribution in [-0.2, 0) is 6.42 Å². The Bertz CT molecular complexity index is 712. The van der Waals surface area contributed by atoms with Crippen LogP contribution in [0.1, 0.15) is 5.69 Å². The summed E-state index contributed by atoms with van der Waals surface area (Å²) in [5.74, 6) is 0. The molecule has 0 unspecified atom stereocenters. The molecule has 3 rings (SSSR count). The lowest BCUT2D eigenvalue weighted by molar-refractivity contribution is 0.959. The molecule has 3 nitrogen and oxygen atoms in total. The fraction of sp³-hybridized carbons (Fsp3) is 0.125. The number of halogens is 1. The highest BCUT2D eigenvalue weighted by atomic mass is 35.5. The molecule has 0 spiro atoms. The third-order valence-electron chi connectivity index (χ3n) is 3.04. The molecule has 3 aromatic rings. The molecule has 0 saturated carbocycles. The van der Waals surface area contributed by atoms with Gasteiger partial charge in [0, 0.05) is 40.8 Å². The van der Waals surface area contributed by atoms with E-state index in [1.165, 1.54) is 0 Å². The summed E-state index contributed by atoms with van der Waals surface area (Å²) in [6, 6.07) is 13.7. The Balaban J connectivity index is 1.62. The van der Waals surface area contributed by atoms with Crippen molar-refractivity contribution in [3.63, 3.8) is 0 Å². The predicted molar refractivity (Wildman–Crippen MR) is 89.0 cm³/mol. The minimum atomic E-state index is 0.725. The van der Waals surface area contributed by atoms with Crippen molar-refractivity contribution in [2.75, 3.05) is 11.9 Å². The number of nitrogens with one attached hydrogen (secondary N) is 1. The van der Waals surface area contributed by atoms with E-state index < -0.39 is 0 Å². The monoisotopic (exact) mass is 315 g/mol. The SMILES string of the molecule is Clc1ccccc1-c1csc(NCCc2ccccn2)n1. The molecule has 0 aliphatic rings. The summed E-state index contributed by atoms with van der Waals surface area (Å²) in [4.78, 5) is 8.87. The van der Waals surface area contributed by atoms with Gasteiger partial charge in [0.15, 0.2) is 5.13 Å². The van der Waals surface area contributed by atoms with Crippen LogP contribution in [0.3, 0.4) is 0 Å². The van der Waals surface area contributed by atoms with Crippen LogP contribution >= 0.6 is 22.9 Å². The predicted octanol–water partition coefficient (Wildman–Crippen LogP) is 4.51. The molecule has 0 fully saturated rings. The number of aromatic nitrogens is 2. The maximum absolute atomic E-state index is 6.19. The fourth-order valence-electron chi connectivity index (χ4n) is 1.99. The van der Waals surface area contributed by atoms with Gasteiger partial charge in [-0.2, -0.15) is 0 Å². The molecule has 5 heteroatoms. The Labute approximate surface area is 132 Å². The van der Waals surface area contributed by atoms with Crippen molar-refractivity contribution < 1.29 is 0 Å². The number of nitrogens with zero attached hydrogens (tertiary/aromatic N) is 2. The van der Waals surface area contributed by atoms with Crippen molar-refractivity contribution in [1.82, 2.24) is 9.97 Å². The number of anilines is 1. The summed E-state index contributed by atoms with van der Waals surface area (Å²) in [5, 5.41) is 6.97. The maximum atomic E-state index is 6.19.